The fourth-order valence-electron chi connectivity index (χ4n) is 1.92. The minimum atomic E-state index is -0.318. The highest BCUT2D eigenvalue weighted by Gasteiger charge is 2.15. The van der Waals surface area contributed by atoms with E-state index >= 15 is 0 Å². The maximum Gasteiger partial charge on any atom is 0.124 e. The number of rotatable bonds is 5. The first-order valence-electron chi connectivity index (χ1n) is 5.91. The summed E-state index contributed by atoms with van der Waals surface area (Å²) in [6, 6.07) is 8.30. The van der Waals surface area contributed by atoms with Gasteiger partial charge in [0.05, 0.1) is 12.3 Å². The summed E-state index contributed by atoms with van der Waals surface area (Å²) < 4.78 is 18.4. The molecule has 1 heterocycles. The molecule has 0 radical (unpaired) electrons. The first kappa shape index (κ1) is 13.1. The Morgan fingerprint density at radius 1 is 1.39 bits per heavy atom. The van der Waals surface area contributed by atoms with Crippen molar-refractivity contribution in [3.8, 4) is 0 Å². The van der Waals surface area contributed by atoms with E-state index in [1.807, 2.05) is 19.1 Å². The maximum atomic E-state index is 13.0. The fourth-order valence-corrected chi connectivity index (χ4v) is 2.16. The van der Waals surface area contributed by atoms with Crippen molar-refractivity contribution in [2.45, 2.75) is 19.4 Å². The van der Waals surface area contributed by atoms with Crippen LogP contribution in [-0.2, 0) is 6.42 Å². The zero-order valence-electron chi connectivity index (χ0n) is 10.1. The first-order chi connectivity index (χ1) is 8.70. The second-order valence-corrected chi connectivity index (χ2v) is 4.47. The van der Waals surface area contributed by atoms with Crippen molar-refractivity contribution in [3.05, 3.63) is 58.8 Å². The standard InChI is InChI=1S/C14H15ClFNO/c1-2-17-13(14-4-3-7-18-14)8-10-5-6-11(16)9-12(10)15/h3-7,9,13,17H,2,8H2,1H3. The van der Waals surface area contributed by atoms with E-state index in [0.29, 0.717) is 11.4 Å². The predicted molar refractivity (Wildman–Crippen MR) is 70.2 cm³/mol. The van der Waals surface area contributed by atoms with Gasteiger partial charge in [-0.2, -0.15) is 0 Å². The van der Waals surface area contributed by atoms with Gasteiger partial charge in [-0.3, -0.25) is 0 Å². The monoisotopic (exact) mass is 267 g/mol. The molecule has 0 spiro atoms. The maximum absolute atomic E-state index is 13.0. The largest absolute Gasteiger partial charge is 0.468 e. The molecule has 4 heteroatoms. The molecule has 0 fully saturated rings. The molecule has 0 aliphatic rings. The van der Waals surface area contributed by atoms with E-state index in [9.17, 15) is 4.39 Å². The zero-order chi connectivity index (χ0) is 13.0. The Labute approximate surface area is 111 Å². The third-order valence-electron chi connectivity index (χ3n) is 2.78. The summed E-state index contributed by atoms with van der Waals surface area (Å²) in [7, 11) is 0. The molecule has 0 saturated heterocycles. The topological polar surface area (TPSA) is 25.2 Å². The van der Waals surface area contributed by atoms with E-state index < -0.39 is 0 Å². The lowest BCUT2D eigenvalue weighted by molar-refractivity contribution is 0.416. The molecule has 1 atom stereocenters. The normalized spacial score (nSPS) is 12.6. The third kappa shape index (κ3) is 3.12. The van der Waals surface area contributed by atoms with Crippen LogP contribution >= 0.6 is 11.6 Å². The lowest BCUT2D eigenvalue weighted by Gasteiger charge is -2.16. The Morgan fingerprint density at radius 2 is 2.22 bits per heavy atom. The van der Waals surface area contributed by atoms with Gasteiger partial charge in [-0.1, -0.05) is 24.6 Å². The van der Waals surface area contributed by atoms with Gasteiger partial charge in [0.25, 0.3) is 0 Å². The molecule has 0 amide bonds. The number of halogens is 2. The van der Waals surface area contributed by atoms with Crippen LogP contribution in [0.4, 0.5) is 4.39 Å². The highest BCUT2D eigenvalue weighted by Crippen LogP contribution is 2.24. The molecule has 1 aromatic carbocycles. The van der Waals surface area contributed by atoms with Crippen molar-refractivity contribution < 1.29 is 8.81 Å². The van der Waals surface area contributed by atoms with E-state index in [2.05, 4.69) is 5.32 Å². The molecule has 0 aliphatic carbocycles. The summed E-state index contributed by atoms with van der Waals surface area (Å²) in [5, 5.41) is 3.78. The summed E-state index contributed by atoms with van der Waals surface area (Å²) in [4.78, 5) is 0. The Hall–Kier alpha value is -1.32. The Balaban J connectivity index is 2.18. The van der Waals surface area contributed by atoms with Crippen LogP contribution in [0.3, 0.4) is 0 Å². The zero-order valence-corrected chi connectivity index (χ0v) is 10.9. The van der Waals surface area contributed by atoms with Crippen LogP contribution in [-0.4, -0.2) is 6.54 Å². The van der Waals surface area contributed by atoms with Crippen LogP contribution in [0.25, 0.3) is 0 Å². The Bertz CT molecular complexity index is 499. The van der Waals surface area contributed by atoms with Crippen molar-refractivity contribution in [2.75, 3.05) is 6.54 Å². The van der Waals surface area contributed by atoms with Crippen LogP contribution in [0, 0.1) is 5.82 Å². The SMILES string of the molecule is CCNC(Cc1ccc(F)cc1Cl)c1ccco1. The molecule has 0 saturated carbocycles. The van der Waals surface area contributed by atoms with Gasteiger partial charge in [-0.15, -0.1) is 0 Å². The molecule has 0 aliphatic heterocycles. The molecule has 1 aromatic heterocycles. The van der Waals surface area contributed by atoms with E-state index in [0.717, 1.165) is 17.9 Å². The average molecular weight is 268 g/mol. The molecule has 1 N–H and O–H groups in total. The molecule has 2 aromatic rings. The van der Waals surface area contributed by atoms with Gasteiger partial charge >= 0.3 is 0 Å². The van der Waals surface area contributed by atoms with Crippen molar-refractivity contribution >= 4 is 11.6 Å². The van der Waals surface area contributed by atoms with E-state index in [4.69, 9.17) is 16.0 Å². The number of hydrogen-bond donors (Lipinski definition) is 1. The van der Waals surface area contributed by atoms with Gasteiger partial charge in [0.1, 0.15) is 11.6 Å². The average Bonchev–Trinajstić information content (AvgIpc) is 2.85. The van der Waals surface area contributed by atoms with Gasteiger partial charge in [0.15, 0.2) is 0 Å². The van der Waals surface area contributed by atoms with Crippen LogP contribution in [0.2, 0.25) is 5.02 Å². The number of furan rings is 1. The van der Waals surface area contributed by atoms with Crippen molar-refractivity contribution in [1.29, 1.82) is 0 Å². The van der Waals surface area contributed by atoms with E-state index in [-0.39, 0.29) is 11.9 Å². The number of hydrogen-bond acceptors (Lipinski definition) is 2. The Kier molecular flexibility index (Phi) is 4.39. The van der Waals surface area contributed by atoms with Crippen LogP contribution in [0.1, 0.15) is 24.3 Å². The summed E-state index contributed by atoms with van der Waals surface area (Å²) in [5.74, 6) is 0.541. The number of likely N-dealkylation sites (N-methyl/N-ethyl adjacent to an activating group) is 1. The molecule has 18 heavy (non-hydrogen) atoms. The quantitative estimate of drug-likeness (QED) is 0.887. The molecular weight excluding hydrogens is 253 g/mol. The molecular formula is C14H15ClFNO. The summed E-state index contributed by atoms with van der Waals surface area (Å²) in [6.07, 6.45) is 2.31. The van der Waals surface area contributed by atoms with Gasteiger partial charge in [0, 0.05) is 5.02 Å². The van der Waals surface area contributed by atoms with Crippen molar-refractivity contribution in [3.63, 3.8) is 0 Å². The second kappa shape index (κ2) is 6.03. The van der Waals surface area contributed by atoms with E-state index in [1.54, 1.807) is 12.3 Å². The first-order valence-corrected chi connectivity index (χ1v) is 6.29. The summed E-state index contributed by atoms with van der Waals surface area (Å²) in [5.41, 5.74) is 0.903. The third-order valence-corrected chi connectivity index (χ3v) is 3.13. The lowest BCUT2D eigenvalue weighted by atomic mass is 10.0. The number of benzene rings is 1. The lowest BCUT2D eigenvalue weighted by Crippen LogP contribution is -2.22. The van der Waals surface area contributed by atoms with Gasteiger partial charge in [0.2, 0.25) is 0 Å². The fraction of sp³-hybridized carbons (Fsp3) is 0.286. The number of nitrogens with one attached hydrogen (secondary N) is 1. The van der Waals surface area contributed by atoms with Crippen LogP contribution in [0.5, 0.6) is 0 Å². The highest BCUT2D eigenvalue weighted by molar-refractivity contribution is 6.31. The summed E-state index contributed by atoms with van der Waals surface area (Å²) in [6.45, 7) is 2.85. The van der Waals surface area contributed by atoms with Gasteiger partial charge in [-0.25, -0.2) is 4.39 Å². The molecule has 96 valence electrons. The van der Waals surface area contributed by atoms with E-state index in [1.165, 1.54) is 12.1 Å². The van der Waals surface area contributed by atoms with Crippen LogP contribution in [0.15, 0.2) is 41.0 Å². The molecule has 1 unspecified atom stereocenters. The van der Waals surface area contributed by atoms with Gasteiger partial charge in [-0.05, 0) is 42.8 Å². The Morgan fingerprint density at radius 3 is 2.83 bits per heavy atom. The van der Waals surface area contributed by atoms with Gasteiger partial charge < -0.3 is 9.73 Å². The van der Waals surface area contributed by atoms with Crippen molar-refractivity contribution in [1.82, 2.24) is 5.32 Å². The van der Waals surface area contributed by atoms with Crippen LogP contribution < -0.4 is 5.32 Å². The smallest absolute Gasteiger partial charge is 0.124 e. The van der Waals surface area contributed by atoms with Crippen molar-refractivity contribution in [2.24, 2.45) is 0 Å². The minimum Gasteiger partial charge on any atom is -0.468 e. The molecule has 2 rings (SSSR count). The second-order valence-electron chi connectivity index (χ2n) is 4.07. The minimum absolute atomic E-state index is 0.0490. The molecule has 2 nitrogen and oxygen atoms in total. The molecule has 0 bridgehead atoms. The summed E-state index contributed by atoms with van der Waals surface area (Å²) >= 11 is 6.04. The highest BCUT2D eigenvalue weighted by atomic mass is 35.5. The predicted octanol–water partition coefficient (Wildman–Crippen LogP) is 3.97.